The van der Waals surface area contributed by atoms with Crippen molar-refractivity contribution >= 4 is 0 Å². The number of piperidine rings is 1. The number of hydrogen-bond donors (Lipinski definition) is 1. The molecule has 0 aromatic rings. The van der Waals surface area contributed by atoms with Gasteiger partial charge >= 0.3 is 0 Å². The highest BCUT2D eigenvalue weighted by molar-refractivity contribution is 4.70. The third-order valence-corrected chi connectivity index (χ3v) is 3.17. The van der Waals surface area contributed by atoms with E-state index in [4.69, 9.17) is 4.74 Å². The Hall–Kier alpha value is -0.120. The molecule has 0 aromatic heterocycles. The normalized spacial score (nSPS) is 31.3. The van der Waals surface area contributed by atoms with Crippen LogP contribution in [0.3, 0.4) is 0 Å². The Morgan fingerprint density at radius 2 is 1.79 bits per heavy atom. The summed E-state index contributed by atoms with van der Waals surface area (Å²) in [5, 5.41) is 2.42. The van der Waals surface area contributed by atoms with Crippen molar-refractivity contribution in [2.24, 2.45) is 0 Å². The minimum absolute atomic E-state index is 0.663. The van der Waals surface area contributed by atoms with Gasteiger partial charge in [0.2, 0.25) is 0 Å². The van der Waals surface area contributed by atoms with Gasteiger partial charge in [0.25, 0.3) is 0 Å². The number of hydrazine groups is 1. The van der Waals surface area contributed by atoms with E-state index in [9.17, 15) is 0 Å². The van der Waals surface area contributed by atoms with Gasteiger partial charge in [-0.25, -0.2) is 5.01 Å². The molecule has 14 heavy (non-hydrogen) atoms. The largest absolute Gasteiger partial charge is 0.381 e. The molecule has 0 saturated carbocycles. The van der Waals surface area contributed by atoms with Gasteiger partial charge in [-0.05, 0) is 32.1 Å². The zero-order chi connectivity index (χ0) is 9.64. The van der Waals surface area contributed by atoms with E-state index < -0.39 is 0 Å². The molecule has 2 aliphatic rings. The summed E-state index contributed by atoms with van der Waals surface area (Å²) in [4.78, 5) is 0. The lowest BCUT2D eigenvalue weighted by atomic mass is 10.1. The van der Waals surface area contributed by atoms with Crippen molar-refractivity contribution in [2.45, 2.75) is 44.6 Å². The van der Waals surface area contributed by atoms with Gasteiger partial charge in [-0.1, -0.05) is 6.42 Å². The molecule has 2 aliphatic heterocycles. The van der Waals surface area contributed by atoms with Crippen LogP contribution >= 0.6 is 0 Å². The molecule has 1 unspecified atom stereocenters. The summed E-state index contributed by atoms with van der Waals surface area (Å²) in [6, 6.07) is 0.663. The SMILES string of the molecule is C1CCN(NC2CCCOCC2)CC1. The van der Waals surface area contributed by atoms with Crippen LogP contribution in [0.5, 0.6) is 0 Å². The zero-order valence-corrected chi connectivity index (χ0v) is 9.00. The highest BCUT2D eigenvalue weighted by Crippen LogP contribution is 2.11. The van der Waals surface area contributed by atoms with Crippen LogP contribution in [0.1, 0.15) is 38.5 Å². The Bertz CT molecular complexity index is 149. The first-order valence-corrected chi connectivity index (χ1v) is 6.04. The number of ether oxygens (including phenoxy) is 1. The van der Waals surface area contributed by atoms with Gasteiger partial charge in [-0.2, -0.15) is 0 Å². The topological polar surface area (TPSA) is 24.5 Å². The van der Waals surface area contributed by atoms with Gasteiger partial charge in [0.1, 0.15) is 0 Å². The second-order valence-electron chi connectivity index (χ2n) is 4.42. The fraction of sp³-hybridized carbons (Fsp3) is 1.00. The van der Waals surface area contributed by atoms with Crippen LogP contribution in [0, 0.1) is 0 Å². The molecule has 0 spiro atoms. The summed E-state index contributed by atoms with van der Waals surface area (Å²) in [7, 11) is 0. The van der Waals surface area contributed by atoms with Crippen molar-refractivity contribution in [1.82, 2.24) is 10.4 Å². The number of nitrogens with zero attached hydrogens (tertiary/aromatic N) is 1. The van der Waals surface area contributed by atoms with Crippen LogP contribution in [0.25, 0.3) is 0 Å². The van der Waals surface area contributed by atoms with E-state index in [1.54, 1.807) is 0 Å². The fourth-order valence-electron chi connectivity index (χ4n) is 2.31. The highest BCUT2D eigenvalue weighted by Gasteiger charge is 2.16. The average molecular weight is 198 g/mol. The van der Waals surface area contributed by atoms with E-state index in [1.807, 2.05) is 0 Å². The minimum Gasteiger partial charge on any atom is -0.381 e. The standard InChI is InChI=1S/C11H22N2O/c1-2-7-13(8-3-1)12-11-5-4-9-14-10-6-11/h11-12H,1-10H2. The average Bonchev–Trinajstić information content (AvgIpc) is 2.48. The quantitative estimate of drug-likeness (QED) is 0.728. The molecule has 0 aromatic carbocycles. The van der Waals surface area contributed by atoms with Crippen LogP contribution in [-0.4, -0.2) is 37.4 Å². The van der Waals surface area contributed by atoms with Gasteiger partial charge < -0.3 is 4.74 Å². The second kappa shape index (κ2) is 5.69. The maximum Gasteiger partial charge on any atom is 0.0481 e. The number of nitrogens with one attached hydrogen (secondary N) is 1. The Balaban J connectivity index is 1.71. The van der Waals surface area contributed by atoms with Crippen LogP contribution in [0.4, 0.5) is 0 Å². The molecule has 82 valence electrons. The molecule has 3 nitrogen and oxygen atoms in total. The highest BCUT2D eigenvalue weighted by atomic mass is 16.5. The maximum atomic E-state index is 5.46. The van der Waals surface area contributed by atoms with Gasteiger partial charge in [0, 0.05) is 32.3 Å². The monoisotopic (exact) mass is 198 g/mol. The summed E-state index contributed by atoms with van der Waals surface area (Å²) in [6.45, 7) is 4.36. The first-order valence-electron chi connectivity index (χ1n) is 6.04. The summed E-state index contributed by atoms with van der Waals surface area (Å²) in [6.07, 6.45) is 7.79. The van der Waals surface area contributed by atoms with Gasteiger partial charge in [0.15, 0.2) is 0 Å². The molecule has 2 saturated heterocycles. The predicted molar refractivity (Wildman–Crippen MR) is 57.0 cm³/mol. The van der Waals surface area contributed by atoms with Crippen LogP contribution < -0.4 is 5.43 Å². The van der Waals surface area contributed by atoms with Crippen molar-refractivity contribution in [3.63, 3.8) is 0 Å². The third-order valence-electron chi connectivity index (χ3n) is 3.17. The van der Waals surface area contributed by atoms with E-state index in [1.165, 1.54) is 51.6 Å². The molecule has 1 N–H and O–H groups in total. The first-order chi connectivity index (χ1) is 6.95. The Morgan fingerprint density at radius 3 is 2.64 bits per heavy atom. The summed E-state index contributed by atoms with van der Waals surface area (Å²) in [5.41, 5.74) is 3.65. The third kappa shape index (κ3) is 3.23. The van der Waals surface area contributed by atoms with Crippen molar-refractivity contribution in [2.75, 3.05) is 26.3 Å². The summed E-state index contributed by atoms with van der Waals surface area (Å²) in [5.74, 6) is 0. The van der Waals surface area contributed by atoms with Crippen molar-refractivity contribution < 1.29 is 4.74 Å². The van der Waals surface area contributed by atoms with E-state index in [0.717, 1.165) is 13.2 Å². The van der Waals surface area contributed by atoms with Crippen LogP contribution in [0.2, 0.25) is 0 Å². The Kier molecular flexibility index (Phi) is 4.22. The molecule has 3 heteroatoms. The van der Waals surface area contributed by atoms with Gasteiger partial charge in [-0.3, -0.25) is 5.43 Å². The van der Waals surface area contributed by atoms with E-state index in [-0.39, 0.29) is 0 Å². The molecule has 2 rings (SSSR count). The minimum atomic E-state index is 0.663. The number of hydrogen-bond acceptors (Lipinski definition) is 3. The maximum absolute atomic E-state index is 5.46. The smallest absolute Gasteiger partial charge is 0.0481 e. The van der Waals surface area contributed by atoms with Crippen LogP contribution in [-0.2, 0) is 4.74 Å². The van der Waals surface area contributed by atoms with Crippen molar-refractivity contribution in [3.05, 3.63) is 0 Å². The molecule has 2 heterocycles. The first kappa shape index (κ1) is 10.4. The molecule has 1 atom stereocenters. The van der Waals surface area contributed by atoms with E-state index in [0.29, 0.717) is 6.04 Å². The molecule has 0 radical (unpaired) electrons. The Morgan fingerprint density at radius 1 is 0.929 bits per heavy atom. The zero-order valence-electron chi connectivity index (χ0n) is 9.00. The van der Waals surface area contributed by atoms with E-state index >= 15 is 0 Å². The van der Waals surface area contributed by atoms with Crippen molar-refractivity contribution in [1.29, 1.82) is 0 Å². The summed E-state index contributed by atoms with van der Waals surface area (Å²) >= 11 is 0. The van der Waals surface area contributed by atoms with Gasteiger partial charge in [-0.15, -0.1) is 0 Å². The Labute approximate surface area is 86.8 Å². The van der Waals surface area contributed by atoms with E-state index in [2.05, 4.69) is 10.4 Å². The fourth-order valence-corrected chi connectivity index (χ4v) is 2.31. The van der Waals surface area contributed by atoms with Gasteiger partial charge in [0.05, 0.1) is 0 Å². The molecular weight excluding hydrogens is 176 g/mol. The molecule has 0 bridgehead atoms. The lowest BCUT2D eigenvalue weighted by Crippen LogP contribution is -2.47. The molecule has 0 amide bonds. The second-order valence-corrected chi connectivity index (χ2v) is 4.42. The lowest BCUT2D eigenvalue weighted by Gasteiger charge is -2.31. The summed E-state index contributed by atoms with van der Waals surface area (Å²) < 4.78 is 5.46. The molecule has 2 fully saturated rings. The van der Waals surface area contributed by atoms with Crippen molar-refractivity contribution in [3.8, 4) is 0 Å². The molecule has 0 aliphatic carbocycles. The lowest BCUT2D eigenvalue weighted by molar-refractivity contribution is 0.112. The number of rotatable bonds is 2. The predicted octanol–water partition coefficient (Wildman–Crippen LogP) is 1.55. The van der Waals surface area contributed by atoms with Crippen LogP contribution in [0.15, 0.2) is 0 Å². The molecular formula is C11H22N2O.